The molecule has 10 heteroatoms. The molecule has 1 aliphatic heterocycles. The lowest BCUT2D eigenvalue weighted by atomic mass is 10.1. The summed E-state index contributed by atoms with van der Waals surface area (Å²) in [6, 6.07) is 4.71. The molecule has 2 aromatic rings. The summed E-state index contributed by atoms with van der Waals surface area (Å²) in [6.45, 7) is 5.55. The molecule has 0 amide bonds. The van der Waals surface area contributed by atoms with Crippen molar-refractivity contribution in [2.24, 2.45) is 0 Å². The van der Waals surface area contributed by atoms with Crippen LogP contribution in [0.2, 0.25) is 0 Å². The van der Waals surface area contributed by atoms with Crippen LogP contribution in [0.1, 0.15) is 13.8 Å². The van der Waals surface area contributed by atoms with E-state index in [4.69, 9.17) is 4.74 Å². The van der Waals surface area contributed by atoms with Crippen molar-refractivity contribution in [2.75, 3.05) is 30.4 Å². The van der Waals surface area contributed by atoms with E-state index in [1.54, 1.807) is 0 Å². The van der Waals surface area contributed by atoms with Crippen LogP contribution in [0.5, 0.6) is 5.75 Å². The predicted octanol–water partition coefficient (Wildman–Crippen LogP) is 2.46. The molecule has 1 fully saturated rings. The molecule has 0 bridgehead atoms. The maximum atomic E-state index is 14.2. The molecule has 0 radical (unpaired) electrons. The Bertz CT molecular complexity index is 839. The summed E-state index contributed by atoms with van der Waals surface area (Å²) in [5, 5.41) is 17.3. The number of piperazine rings is 1. The number of nitro groups is 1. The molecule has 1 aromatic carbocycles. The number of hydrogen-bond acceptors (Lipinski definition) is 8. The Kier molecular flexibility index (Phi) is 5.36. The summed E-state index contributed by atoms with van der Waals surface area (Å²) < 4.78 is 19.2. The lowest BCUT2D eigenvalue weighted by molar-refractivity contribution is -0.385. The van der Waals surface area contributed by atoms with Gasteiger partial charge in [0, 0.05) is 43.0 Å². The van der Waals surface area contributed by atoms with Gasteiger partial charge < -0.3 is 20.3 Å². The molecule has 1 saturated heterocycles. The summed E-state index contributed by atoms with van der Waals surface area (Å²) in [4.78, 5) is 20.8. The van der Waals surface area contributed by atoms with Gasteiger partial charge in [-0.2, -0.15) is 4.98 Å². The van der Waals surface area contributed by atoms with Crippen LogP contribution in [0, 0.1) is 15.9 Å². The summed E-state index contributed by atoms with van der Waals surface area (Å²) in [6.07, 6.45) is 1.12. The van der Waals surface area contributed by atoms with Gasteiger partial charge in [0.2, 0.25) is 5.95 Å². The zero-order valence-electron chi connectivity index (χ0n) is 15.3. The lowest BCUT2D eigenvalue weighted by Gasteiger charge is -2.36. The average molecular weight is 376 g/mol. The topological polar surface area (TPSA) is 105 Å². The van der Waals surface area contributed by atoms with Crippen LogP contribution >= 0.6 is 0 Å². The Labute approximate surface area is 155 Å². The molecule has 2 heterocycles. The van der Waals surface area contributed by atoms with Gasteiger partial charge in [0.15, 0.2) is 17.4 Å². The number of anilines is 3. The first-order valence-electron chi connectivity index (χ1n) is 8.50. The number of nitro benzene ring substituents is 1. The van der Waals surface area contributed by atoms with E-state index < -0.39 is 10.7 Å². The highest BCUT2D eigenvalue weighted by Crippen LogP contribution is 2.31. The maximum absolute atomic E-state index is 14.2. The van der Waals surface area contributed by atoms with Gasteiger partial charge in [-0.3, -0.25) is 10.1 Å². The first-order valence-corrected chi connectivity index (χ1v) is 8.50. The molecule has 27 heavy (non-hydrogen) atoms. The fraction of sp³-hybridized carbons (Fsp3) is 0.412. The van der Waals surface area contributed by atoms with Crippen molar-refractivity contribution < 1.29 is 14.1 Å². The van der Waals surface area contributed by atoms with Crippen LogP contribution in [-0.4, -0.2) is 47.2 Å². The van der Waals surface area contributed by atoms with E-state index in [-0.39, 0.29) is 29.3 Å². The monoisotopic (exact) mass is 376 g/mol. The Hall–Kier alpha value is -3.01. The van der Waals surface area contributed by atoms with Gasteiger partial charge in [-0.25, -0.2) is 9.37 Å². The second-order valence-corrected chi connectivity index (χ2v) is 6.51. The van der Waals surface area contributed by atoms with Crippen molar-refractivity contribution in [3.05, 3.63) is 40.3 Å². The maximum Gasteiger partial charge on any atom is 0.311 e. The van der Waals surface area contributed by atoms with Crippen LogP contribution in [0.4, 0.5) is 27.5 Å². The Morgan fingerprint density at radius 3 is 2.70 bits per heavy atom. The van der Waals surface area contributed by atoms with Crippen LogP contribution in [0.25, 0.3) is 0 Å². The SMILES string of the molecule is COc1cc(Nc2nc(N3C[C@@H](C)N[C@@H](C)C3)ncc2F)ccc1[N+](=O)[O-]. The smallest absolute Gasteiger partial charge is 0.311 e. The first kappa shape index (κ1) is 18.8. The number of nitrogens with zero attached hydrogens (tertiary/aromatic N) is 4. The number of methoxy groups -OCH3 is 1. The van der Waals surface area contributed by atoms with E-state index in [9.17, 15) is 14.5 Å². The summed E-state index contributed by atoms with van der Waals surface area (Å²) in [7, 11) is 1.34. The highest BCUT2D eigenvalue weighted by molar-refractivity contribution is 5.64. The largest absolute Gasteiger partial charge is 0.490 e. The van der Waals surface area contributed by atoms with Gasteiger partial charge >= 0.3 is 5.69 Å². The van der Waals surface area contributed by atoms with Gasteiger partial charge in [0.1, 0.15) is 0 Å². The zero-order chi connectivity index (χ0) is 19.6. The molecule has 0 spiro atoms. The van der Waals surface area contributed by atoms with Gasteiger partial charge in [0.05, 0.1) is 18.2 Å². The van der Waals surface area contributed by atoms with Crippen LogP contribution in [0.15, 0.2) is 24.4 Å². The molecule has 1 aromatic heterocycles. The number of hydrogen-bond donors (Lipinski definition) is 2. The average Bonchev–Trinajstić information content (AvgIpc) is 2.62. The molecule has 0 aliphatic carbocycles. The minimum Gasteiger partial charge on any atom is -0.490 e. The number of nitrogens with one attached hydrogen (secondary N) is 2. The van der Waals surface area contributed by atoms with Gasteiger partial charge in [0.25, 0.3) is 0 Å². The van der Waals surface area contributed by atoms with Crippen molar-refractivity contribution in [3.63, 3.8) is 0 Å². The number of ether oxygens (including phenoxy) is 1. The minimum absolute atomic E-state index is 0.00487. The van der Waals surface area contributed by atoms with E-state index in [0.717, 1.165) is 6.20 Å². The summed E-state index contributed by atoms with van der Waals surface area (Å²) >= 11 is 0. The molecule has 9 nitrogen and oxygen atoms in total. The van der Waals surface area contributed by atoms with Crippen LogP contribution < -0.4 is 20.3 Å². The summed E-state index contributed by atoms with van der Waals surface area (Å²) in [5.41, 5.74) is 0.249. The normalized spacial score (nSPS) is 19.6. The molecule has 0 saturated carbocycles. The van der Waals surface area contributed by atoms with Gasteiger partial charge in [-0.15, -0.1) is 0 Å². The highest BCUT2D eigenvalue weighted by atomic mass is 19.1. The molecule has 2 atom stereocenters. The van der Waals surface area contributed by atoms with E-state index in [1.807, 2.05) is 4.90 Å². The molecule has 0 unspecified atom stereocenters. The fourth-order valence-electron chi connectivity index (χ4n) is 3.13. The lowest BCUT2D eigenvalue weighted by Crippen LogP contribution is -2.54. The third-order valence-corrected chi connectivity index (χ3v) is 4.21. The van der Waals surface area contributed by atoms with E-state index in [2.05, 4.69) is 34.4 Å². The number of halogens is 1. The van der Waals surface area contributed by atoms with Crippen molar-refractivity contribution in [3.8, 4) is 5.75 Å². The minimum atomic E-state index is -0.618. The Balaban J connectivity index is 1.86. The zero-order valence-corrected chi connectivity index (χ0v) is 15.3. The Morgan fingerprint density at radius 2 is 2.07 bits per heavy atom. The van der Waals surface area contributed by atoms with E-state index in [1.165, 1.54) is 25.3 Å². The molecular weight excluding hydrogens is 355 g/mol. The second-order valence-electron chi connectivity index (χ2n) is 6.51. The van der Waals surface area contributed by atoms with Crippen molar-refractivity contribution in [2.45, 2.75) is 25.9 Å². The number of rotatable bonds is 5. The third kappa shape index (κ3) is 4.22. The quantitative estimate of drug-likeness (QED) is 0.606. The molecule has 1 aliphatic rings. The Morgan fingerprint density at radius 1 is 1.37 bits per heavy atom. The highest BCUT2D eigenvalue weighted by Gasteiger charge is 2.24. The van der Waals surface area contributed by atoms with Crippen molar-refractivity contribution in [1.82, 2.24) is 15.3 Å². The molecule has 2 N–H and O–H groups in total. The van der Waals surface area contributed by atoms with E-state index >= 15 is 0 Å². The van der Waals surface area contributed by atoms with Crippen molar-refractivity contribution in [1.29, 1.82) is 0 Å². The fourth-order valence-corrected chi connectivity index (χ4v) is 3.13. The van der Waals surface area contributed by atoms with Gasteiger partial charge in [-0.1, -0.05) is 0 Å². The van der Waals surface area contributed by atoms with Gasteiger partial charge in [-0.05, 0) is 19.9 Å². The van der Waals surface area contributed by atoms with Crippen molar-refractivity contribution >= 4 is 23.1 Å². The standard InChI is InChI=1S/C17H21FN6O3/c1-10-8-23(9-11(2)20-10)17-19-7-13(18)16(22-17)21-12-4-5-14(24(25)26)15(6-12)27-3/h4-7,10-11,20H,8-9H2,1-3H3,(H,19,21,22)/t10-,11+. The number of benzene rings is 1. The predicted molar refractivity (Wildman–Crippen MR) is 99.2 cm³/mol. The molecule has 3 rings (SSSR count). The molecule has 144 valence electrons. The van der Waals surface area contributed by atoms with Crippen LogP contribution in [-0.2, 0) is 0 Å². The third-order valence-electron chi connectivity index (χ3n) is 4.21. The van der Waals surface area contributed by atoms with E-state index in [0.29, 0.717) is 24.7 Å². The second kappa shape index (κ2) is 7.70. The summed E-state index contributed by atoms with van der Waals surface area (Å²) in [5.74, 6) is -0.125. The molecular formula is C17H21FN6O3. The number of aromatic nitrogens is 2. The van der Waals surface area contributed by atoms with Crippen LogP contribution in [0.3, 0.4) is 0 Å². The first-order chi connectivity index (χ1) is 12.9.